The number of ether oxygens (including phenoxy) is 1. The molecule has 0 bridgehead atoms. The number of anilines is 1. The molecule has 0 aromatic carbocycles. The molecule has 0 spiro atoms. The van der Waals surface area contributed by atoms with Crippen LogP contribution < -0.4 is 10.2 Å². The third kappa shape index (κ3) is 3.77. The van der Waals surface area contributed by atoms with E-state index in [9.17, 15) is 4.79 Å². The number of hydrogen-bond acceptors (Lipinski definition) is 4. The summed E-state index contributed by atoms with van der Waals surface area (Å²) in [5, 5.41) is 3.21. The predicted octanol–water partition coefficient (Wildman–Crippen LogP) is 1.90. The van der Waals surface area contributed by atoms with Crippen molar-refractivity contribution in [1.82, 2.24) is 10.3 Å². The monoisotopic (exact) mass is 303 g/mol. The Balaban J connectivity index is 1.58. The molecular formula is C17H25N3O2. The van der Waals surface area contributed by atoms with Crippen molar-refractivity contribution in [2.24, 2.45) is 5.92 Å². The van der Waals surface area contributed by atoms with Crippen molar-refractivity contribution < 1.29 is 9.53 Å². The summed E-state index contributed by atoms with van der Waals surface area (Å²) in [5.74, 6) is 1.26. The lowest BCUT2D eigenvalue weighted by molar-refractivity contribution is -0.126. The Morgan fingerprint density at radius 2 is 2.18 bits per heavy atom. The lowest BCUT2D eigenvalue weighted by atomic mass is 9.96. The quantitative estimate of drug-likeness (QED) is 0.926. The average molecular weight is 303 g/mol. The first-order valence-electron chi connectivity index (χ1n) is 8.28. The van der Waals surface area contributed by atoms with Crippen LogP contribution >= 0.6 is 0 Å². The van der Waals surface area contributed by atoms with Crippen molar-refractivity contribution in [3.05, 3.63) is 23.9 Å². The maximum atomic E-state index is 12.5. The number of rotatable bonds is 3. The minimum atomic E-state index is 0.0684. The second-order valence-electron chi connectivity index (χ2n) is 6.37. The zero-order valence-corrected chi connectivity index (χ0v) is 13.3. The molecule has 5 heteroatoms. The molecule has 0 aliphatic carbocycles. The van der Waals surface area contributed by atoms with Gasteiger partial charge in [-0.15, -0.1) is 0 Å². The lowest BCUT2D eigenvalue weighted by Crippen LogP contribution is -2.47. The fourth-order valence-electron chi connectivity index (χ4n) is 3.25. The SMILES string of the molecule is Cc1ccnc(N2CCCC(C(=O)NC3CCOCC3)C2)c1. The summed E-state index contributed by atoms with van der Waals surface area (Å²) in [6.45, 7) is 5.34. The molecule has 120 valence electrons. The van der Waals surface area contributed by atoms with Gasteiger partial charge in [0, 0.05) is 38.5 Å². The molecule has 2 fully saturated rings. The lowest BCUT2D eigenvalue weighted by Gasteiger charge is -2.34. The molecule has 5 nitrogen and oxygen atoms in total. The maximum Gasteiger partial charge on any atom is 0.225 e. The van der Waals surface area contributed by atoms with E-state index in [-0.39, 0.29) is 17.9 Å². The molecule has 1 amide bonds. The zero-order chi connectivity index (χ0) is 15.4. The minimum Gasteiger partial charge on any atom is -0.381 e. The summed E-state index contributed by atoms with van der Waals surface area (Å²) >= 11 is 0. The second-order valence-corrected chi connectivity index (χ2v) is 6.37. The van der Waals surface area contributed by atoms with Crippen molar-refractivity contribution in [3.63, 3.8) is 0 Å². The van der Waals surface area contributed by atoms with Crippen molar-refractivity contribution in [2.45, 2.75) is 38.6 Å². The van der Waals surface area contributed by atoms with Crippen molar-refractivity contribution in [2.75, 3.05) is 31.2 Å². The van der Waals surface area contributed by atoms with Crippen LogP contribution in [0.5, 0.6) is 0 Å². The highest BCUT2D eigenvalue weighted by Crippen LogP contribution is 2.22. The Labute approximate surface area is 132 Å². The van der Waals surface area contributed by atoms with E-state index in [1.165, 1.54) is 5.56 Å². The Morgan fingerprint density at radius 3 is 2.95 bits per heavy atom. The van der Waals surface area contributed by atoms with Crippen molar-refractivity contribution in [3.8, 4) is 0 Å². The number of aryl methyl sites for hydroxylation is 1. The second kappa shape index (κ2) is 7.09. The number of aromatic nitrogens is 1. The van der Waals surface area contributed by atoms with Crippen LogP contribution in [0.4, 0.5) is 5.82 Å². The van der Waals surface area contributed by atoms with Crippen LogP contribution in [0.25, 0.3) is 0 Å². The van der Waals surface area contributed by atoms with Crippen molar-refractivity contribution >= 4 is 11.7 Å². The minimum absolute atomic E-state index is 0.0684. The molecule has 0 radical (unpaired) electrons. The molecule has 1 N–H and O–H groups in total. The van der Waals surface area contributed by atoms with Crippen LogP contribution in [0.1, 0.15) is 31.2 Å². The van der Waals surface area contributed by atoms with Crippen LogP contribution in [-0.2, 0) is 9.53 Å². The molecule has 22 heavy (non-hydrogen) atoms. The van der Waals surface area contributed by atoms with Gasteiger partial charge in [-0.1, -0.05) is 0 Å². The summed E-state index contributed by atoms with van der Waals surface area (Å²) in [5.41, 5.74) is 1.21. The Hall–Kier alpha value is -1.62. The number of hydrogen-bond donors (Lipinski definition) is 1. The molecule has 1 atom stereocenters. The van der Waals surface area contributed by atoms with Crippen LogP contribution in [0.3, 0.4) is 0 Å². The standard InChI is InChI=1S/C17H25N3O2/c1-13-4-7-18-16(11-13)20-8-2-3-14(12-20)17(21)19-15-5-9-22-10-6-15/h4,7,11,14-15H,2-3,5-6,8-10,12H2,1H3,(H,19,21). The van der Waals surface area contributed by atoms with Gasteiger partial charge in [0.1, 0.15) is 5.82 Å². The average Bonchev–Trinajstić information content (AvgIpc) is 2.56. The first-order valence-corrected chi connectivity index (χ1v) is 8.28. The van der Waals surface area contributed by atoms with E-state index in [1.54, 1.807) is 0 Å². The molecule has 3 rings (SSSR count). The third-order valence-corrected chi connectivity index (χ3v) is 4.58. The molecular weight excluding hydrogens is 278 g/mol. The van der Waals surface area contributed by atoms with Gasteiger partial charge in [-0.3, -0.25) is 4.79 Å². The topological polar surface area (TPSA) is 54.5 Å². The predicted molar refractivity (Wildman–Crippen MR) is 85.9 cm³/mol. The number of nitrogens with zero attached hydrogens (tertiary/aromatic N) is 2. The van der Waals surface area contributed by atoms with Gasteiger partial charge in [0.2, 0.25) is 5.91 Å². The first-order chi connectivity index (χ1) is 10.7. The molecule has 3 heterocycles. The van der Waals surface area contributed by atoms with E-state index in [2.05, 4.69) is 28.2 Å². The molecule has 1 aromatic heterocycles. The van der Waals surface area contributed by atoms with E-state index in [0.717, 1.165) is 57.8 Å². The Kier molecular flexibility index (Phi) is 4.93. The molecule has 2 aliphatic heterocycles. The van der Waals surface area contributed by atoms with E-state index < -0.39 is 0 Å². The molecule has 1 unspecified atom stereocenters. The first kappa shape index (κ1) is 15.3. The highest BCUT2D eigenvalue weighted by Gasteiger charge is 2.28. The fraction of sp³-hybridized carbons (Fsp3) is 0.647. The third-order valence-electron chi connectivity index (χ3n) is 4.58. The molecule has 0 saturated carbocycles. The fourth-order valence-corrected chi connectivity index (χ4v) is 3.25. The van der Waals surface area contributed by atoms with Gasteiger partial charge < -0.3 is 15.0 Å². The molecule has 2 saturated heterocycles. The highest BCUT2D eigenvalue weighted by atomic mass is 16.5. The highest BCUT2D eigenvalue weighted by molar-refractivity contribution is 5.79. The Bertz CT molecular complexity index is 514. The number of carbonyl (C=O) groups excluding carboxylic acids is 1. The van der Waals surface area contributed by atoms with Crippen LogP contribution in [0.15, 0.2) is 18.3 Å². The number of pyridine rings is 1. The largest absolute Gasteiger partial charge is 0.381 e. The number of carbonyl (C=O) groups is 1. The van der Waals surface area contributed by atoms with E-state index in [1.807, 2.05) is 12.3 Å². The van der Waals surface area contributed by atoms with E-state index in [4.69, 9.17) is 4.74 Å². The van der Waals surface area contributed by atoms with Gasteiger partial charge in [0.15, 0.2) is 0 Å². The summed E-state index contributed by atoms with van der Waals surface area (Å²) < 4.78 is 5.35. The summed E-state index contributed by atoms with van der Waals surface area (Å²) in [6.07, 6.45) is 5.72. The number of nitrogens with one attached hydrogen (secondary N) is 1. The van der Waals surface area contributed by atoms with Gasteiger partial charge >= 0.3 is 0 Å². The van der Waals surface area contributed by atoms with Gasteiger partial charge in [-0.25, -0.2) is 4.98 Å². The summed E-state index contributed by atoms with van der Waals surface area (Å²) in [6, 6.07) is 4.38. The van der Waals surface area contributed by atoms with Gasteiger partial charge in [0.25, 0.3) is 0 Å². The molecule has 1 aromatic rings. The van der Waals surface area contributed by atoms with Crippen LogP contribution in [0, 0.1) is 12.8 Å². The van der Waals surface area contributed by atoms with Gasteiger partial charge in [-0.2, -0.15) is 0 Å². The molecule has 2 aliphatic rings. The smallest absolute Gasteiger partial charge is 0.225 e. The van der Waals surface area contributed by atoms with E-state index >= 15 is 0 Å². The normalized spacial score (nSPS) is 23.3. The Morgan fingerprint density at radius 1 is 1.36 bits per heavy atom. The zero-order valence-electron chi connectivity index (χ0n) is 13.3. The van der Waals surface area contributed by atoms with E-state index in [0.29, 0.717) is 0 Å². The van der Waals surface area contributed by atoms with Crippen LogP contribution in [0.2, 0.25) is 0 Å². The summed E-state index contributed by atoms with van der Waals surface area (Å²) in [4.78, 5) is 19.2. The van der Waals surface area contributed by atoms with Gasteiger partial charge in [0.05, 0.1) is 5.92 Å². The maximum absolute atomic E-state index is 12.5. The summed E-state index contributed by atoms with van der Waals surface area (Å²) in [7, 11) is 0. The van der Waals surface area contributed by atoms with Crippen LogP contribution in [-0.4, -0.2) is 43.2 Å². The number of amides is 1. The van der Waals surface area contributed by atoms with Gasteiger partial charge in [-0.05, 0) is 50.3 Å². The number of piperidine rings is 1. The van der Waals surface area contributed by atoms with Crippen molar-refractivity contribution in [1.29, 1.82) is 0 Å².